The minimum Gasteiger partial charge on any atom is -0.462 e. The van der Waals surface area contributed by atoms with Crippen molar-refractivity contribution in [1.29, 1.82) is 0 Å². The van der Waals surface area contributed by atoms with Crippen molar-refractivity contribution in [3.8, 4) is 0 Å². The average molecular weight is 1400 g/mol. The Morgan fingerprint density at radius 3 is 0.747 bits per heavy atom. The molecule has 3 N–H and O–H groups in total. The van der Waals surface area contributed by atoms with Crippen molar-refractivity contribution in [1.82, 2.24) is 0 Å². The van der Waals surface area contributed by atoms with Gasteiger partial charge in [-0.3, -0.25) is 37.3 Å². The number of unbranched alkanes of at least 4 members (excludes halogenated alkanes) is 47. The predicted molar refractivity (Wildman–Crippen MR) is 386 cm³/mol. The second kappa shape index (κ2) is 69.2. The van der Waals surface area contributed by atoms with Gasteiger partial charge in [0.05, 0.1) is 26.4 Å². The standard InChI is InChI=1S/C76H148O17P2/c1-6-10-13-16-19-22-25-28-30-31-32-34-36-39-42-45-52-57-62-76(81)92-71(65-86-73(78)59-54-49-43-40-38-35-33-29-26-23-20-17-14-11-7-2)67-90-94(82,83)88-63-70(77)64-89-95(84,85)91-68-72(66-87-74(79)60-55-50-47-46-48-53-58-69(5)9-4)93-75(80)61-56-51-44-41-37-27-24-21-18-15-12-8-3/h69-72,77H,6-68H2,1-5H3,(H,82,83)(H,84,85)/t69?,70-,71-,72-/m1/s1. The molecule has 0 aromatic rings. The van der Waals surface area contributed by atoms with Crippen molar-refractivity contribution in [2.75, 3.05) is 39.6 Å². The highest BCUT2D eigenvalue weighted by Gasteiger charge is 2.30. The third-order valence-corrected chi connectivity index (χ3v) is 20.0. The van der Waals surface area contributed by atoms with E-state index in [0.29, 0.717) is 25.7 Å². The summed E-state index contributed by atoms with van der Waals surface area (Å²) in [6.45, 7) is 7.26. The van der Waals surface area contributed by atoms with Crippen LogP contribution in [0.5, 0.6) is 0 Å². The minimum absolute atomic E-state index is 0.107. The monoisotopic (exact) mass is 1400 g/mol. The normalized spacial score (nSPS) is 14.2. The molecule has 564 valence electrons. The highest BCUT2D eigenvalue weighted by atomic mass is 31.2. The summed E-state index contributed by atoms with van der Waals surface area (Å²) in [5, 5.41) is 10.6. The number of aliphatic hydroxyl groups excluding tert-OH is 1. The van der Waals surface area contributed by atoms with E-state index in [1.165, 1.54) is 218 Å². The lowest BCUT2D eigenvalue weighted by atomic mass is 10.00. The van der Waals surface area contributed by atoms with Gasteiger partial charge in [0.15, 0.2) is 12.2 Å². The van der Waals surface area contributed by atoms with Crippen LogP contribution in [0.1, 0.15) is 401 Å². The van der Waals surface area contributed by atoms with Crippen molar-refractivity contribution < 1.29 is 80.2 Å². The molecule has 3 unspecified atom stereocenters. The van der Waals surface area contributed by atoms with Crippen LogP contribution in [0.15, 0.2) is 0 Å². The Morgan fingerprint density at radius 1 is 0.295 bits per heavy atom. The maximum atomic E-state index is 13.1. The van der Waals surface area contributed by atoms with E-state index in [-0.39, 0.29) is 25.7 Å². The summed E-state index contributed by atoms with van der Waals surface area (Å²) in [4.78, 5) is 72.8. The highest BCUT2D eigenvalue weighted by molar-refractivity contribution is 7.47. The molecule has 0 aliphatic heterocycles. The second-order valence-electron chi connectivity index (χ2n) is 27.6. The zero-order valence-corrected chi connectivity index (χ0v) is 63.6. The summed E-state index contributed by atoms with van der Waals surface area (Å²) in [5.74, 6) is -1.38. The van der Waals surface area contributed by atoms with Crippen LogP contribution in [0, 0.1) is 5.92 Å². The first-order valence-corrected chi connectivity index (χ1v) is 42.7. The zero-order valence-electron chi connectivity index (χ0n) is 61.8. The Labute approximate surface area is 581 Å². The molecule has 95 heavy (non-hydrogen) atoms. The topological polar surface area (TPSA) is 237 Å². The predicted octanol–water partition coefficient (Wildman–Crippen LogP) is 22.5. The Bertz CT molecular complexity index is 1820. The minimum atomic E-state index is -4.96. The molecule has 19 heteroatoms. The fourth-order valence-electron chi connectivity index (χ4n) is 11.7. The van der Waals surface area contributed by atoms with Gasteiger partial charge in [-0.05, 0) is 31.6 Å². The molecule has 17 nitrogen and oxygen atoms in total. The molecule has 0 aliphatic rings. The smallest absolute Gasteiger partial charge is 0.462 e. The molecule has 0 rings (SSSR count). The van der Waals surface area contributed by atoms with Gasteiger partial charge in [0.2, 0.25) is 0 Å². The largest absolute Gasteiger partial charge is 0.472 e. The van der Waals surface area contributed by atoms with Crippen molar-refractivity contribution in [3.63, 3.8) is 0 Å². The summed E-state index contributed by atoms with van der Waals surface area (Å²) in [5.41, 5.74) is 0. The molecule has 0 aliphatic carbocycles. The van der Waals surface area contributed by atoms with Crippen LogP contribution in [-0.4, -0.2) is 96.7 Å². The van der Waals surface area contributed by atoms with E-state index in [9.17, 15) is 43.2 Å². The molecule has 0 aromatic heterocycles. The second-order valence-corrected chi connectivity index (χ2v) is 30.5. The first-order valence-electron chi connectivity index (χ1n) is 39.7. The fraction of sp³-hybridized carbons (Fsp3) is 0.947. The number of hydrogen-bond donors (Lipinski definition) is 3. The molecule has 0 spiro atoms. The van der Waals surface area contributed by atoms with E-state index in [1.807, 2.05) is 0 Å². The van der Waals surface area contributed by atoms with E-state index < -0.39 is 97.5 Å². The fourth-order valence-corrected chi connectivity index (χ4v) is 13.3. The van der Waals surface area contributed by atoms with Gasteiger partial charge >= 0.3 is 39.5 Å². The average Bonchev–Trinajstić information content (AvgIpc) is 1.35. The van der Waals surface area contributed by atoms with Gasteiger partial charge in [-0.15, -0.1) is 0 Å². The number of hydrogen-bond acceptors (Lipinski definition) is 15. The van der Waals surface area contributed by atoms with Gasteiger partial charge in [-0.25, -0.2) is 9.13 Å². The summed E-state index contributed by atoms with van der Waals surface area (Å²) in [7, 11) is -9.91. The van der Waals surface area contributed by atoms with Crippen molar-refractivity contribution in [2.45, 2.75) is 419 Å². The number of ether oxygens (including phenoxy) is 4. The maximum Gasteiger partial charge on any atom is 0.472 e. The van der Waals surface area contributed by atoms with E-state index >= 15 is 0 Å². The molecule has 0 radical (unpaired) electrons. The summed E-state index contributed by atoms with van der Waals surface area (Å²) < 4.78 is 68.5. The molecule has 6 atom stereocenters. The number of carbonyl (C=O) groups excluding carboxylic acids is 4. The molecular weight excluding hydrogens is 1250 g/mol. The SMILES string of the molecule is CCCCCCCCCCCCCCCCCCCCC(=O)O[C@H](COC(=O)CCCCCCCCCCCCCCCCC)COP(=O)(O)OC[C@@H](O)COP(=O)(O)OC[C@@H](COC(=O)CCCCCCCCC(C)CC)OC(=O)CCCCCCCCCCCCCC. The van der Waals surface area contributed by atoms with E-state index in [1.54, 1.807) is 0 Å². The molecule has 0 bridgehead atoms. The van der Waals surface area contributed by atoms with Gasteiger partial charge in [-0.1, -0.05) is 349 Å². The van der Waals surface area contributed by atoms with E-state index in [4.69, 9.17) is 37.0 Å². The maximum absolute atomic E-state index is 13.1. The summed E-state index contributed by atoms with van der Waals surface area (Å²) in [6, 6.07) is 0. The highest BCUT2D eigenvalue weighted by Crippen LogP contribution is 2.45. The molecule has 0 saturated carbocycles. The zero-order chi connectivity index (χ0) is 69.8. The number of phosphoric ester groups is 2. The van der Waals surface area contributed by atoms with Crippen LogP contribution >= 0.6 is 15.6 Å². The molecular formula is C76H148O17P2. The van der Waals surface area contributed by atoms with Crippen LogP contribution in [0.2, 0.25) is 0 Å². The Hall–Kier alpha value is -1.94. The number of rotatable bonds is 76. The van der Waals surface area contributed by atoms with Gasteiger partial charge in [0.1, 0.15) is 19.3 Å². The first kappa shape index (κ1) is 93.1. The molecule has 0 saturated heterocycles. The number of esters is 4. The first-order chi connectivity index (χ1) is 46.1. The van der Waals surface area contributed by atoms with Crippen LogP contribution in [0.4, 0.5) is 0 Å². The lowest BCUT2D eigenvalue weighted by Gasteiger charge is -2.21. The summed E-state index contributed by atoms with van der Waals surface area (Å²) >= 11 is 0. The molecule has 0 fully saturated rings. The van der Waals surface area contributed by atoms with Crippen LogP contribution in [0.3, 0.4) is 0 Å². The lowest BCUT2D eigenvalue weighted by molar-refractivity contribution is -0.161. The van der Waals surface area contributed by atoms with Crippen molar-refractivity contribution in [3.05, 3.63) is 0 Å². The number of aliphatic hydroxyl groups is 1. The number of carbonyl (C=O) groups is 4. The van der Waals surface area contributed by atoms with Gasteiger partial charge in [-0.2, -0.15) is 0 Å². The van der Waals surface area contributed by atoms with E-state index in [2.05, 4.69) is 34.6 Å². The molecule has 0 amide bonds. The Balaban J connectivity index is 5.24. The van der Waals surface area contributed by atoms with Gasteiger partial charge < -0.3 is 33.8 Å². The molecule has 0 aromatic carbocycles. The van der Waals surface area contributed by atoms with Crippen LogP contribution in [0.25, 0.3) is 0 Å². The van der Waals surface area contributed by atoms with Crippen LogP contribution in [-0.2, 0) is 65.4 Å². The lowest BCUT2D eigenvalue weighted by Crippen LogP contribution is -2.30. The van der Waals surface area contributed by atoms with Gasteiger partial charge in [0.25, 0.3) is 0 Å². The quantitative estimate of drug-likeness (QED) is 0.0222. The van der Waals surface area contributed by atoms with Crippen molar-refractivity contribution in [2.24, 2.45) is 5.92 Å². The van der Waals surface area contributed by atoms with Crippen LogP contribution < -0.4 is 0 Å². The van der Waals surface area contributed by atoms with E-state index in [0.717, 1.165) is 102 Å². The summed E-state index contributed by atoms with van der Waals surface area (Å²) in [6.07, 6.45) is 58.2. The Kier molecular flexibility index (Phi) is 67.7. The number of phosphoric acid groups is 2. The Morgan fingerprint density at radius 2 is 0.505 bits per heavy atom. The molecule has 0 heterocycles. The van der Waals surface area contributed by atoms with Crippen molar-refractivity contribution >= 4 is 39.5 Å². The third-order valence-electron chi connectivity index (χ3n) is 18.1. The van der Waals surface area contributed by atoms with Gasteiger partial charge in [0, 0.05) is 25.7 Å². The third kappa shape index (κ3) is 69.0.